The van der Waals surface area contributed by atoms with E-state index in [1.165, 1.54) is 12.8 Å². The minimum atomic E-state index is -0.968. The van der Waals surface area contributed by atoms with Gasteiger partial charge in [0.15, 0.2) is 0 Å². The minimum absolute atomic E-state index is 0. The molecular weight excluding hydrogens is 173 g/mol. The van der Waals surface area contributed by atoms with Gasteiger partial charge >= 0.3 is 18.9 Å². The van der Waals surface area contributed by atoms with Crippen molar-refractivity contribution in [3.63, 3.8) is 0 Å². The summed E-state index contributed by atoms with van der Waals surface area (Å²) in [7, 11) is 0. The molecule has 1 aliphatic carbocycles. The van der Waals surface area contributed by atoms with Crippen LogP contribution in [0.25, 0.3) is 0 Å². The van der Waals surface area contributed by atoms with Crippen LogP contribution in [0, 0.1) is 5.92 Å². The van der Waals surface area contributed by atoms with E-state index in [1.54, 1.807) is 0 Å². The first-order chi connectivity index (χ1) is 6.27. The molecule has 0 bridgehead atoms. The van der Waals surface area contributed by atoms with Gasteiger partial charge in [0.1, 0.15) is 0 Å². The Morgan fingerprint density at radius 2 is 2.21 bits per heavy atom. The standard InChI is InChI=1S/C10H15NO2.Li/c12-10(13)9-6-5-7-3-1-2-4-8(7)11-9;/h4,7,9,11H,1-3,5-6H2,(H,12,13);/q;+1/p-1. The number of piperidine rings is 1. The molecule has 0 aromatic rings. The zero-order valence-electron chi connectivity index (χ0n) is 8.58. The number of fused-ring (bicyclic) bond motifs is 1. The van der Waals surface area contributed by atoms with E-state index in [9.17, 15) is 9.90 Å². The second kappa shape index (κ2) is 4.91. The summed E-state index contributed by atoms with van der Waals surface area (Å²) in [6.45, 7) is 0. The van der Waals surface area contributed by atoms with Gasteiger partial charge in [0.05, 0.1) is 12.0 Å². The van der Waals surface area contributed by atoms with Gasteiger partial charge in [-0.1, -0.05) is 6.08 Å². The van der Waals surface area contributed by atoms with Crippen LogP contribution >= 0.6 is 0 Å². The summed E-state index contributed by atoms with van der Waals surface area (Å²) in [5, 5.41) is 13.7. The number of hydrogen-bond donors (Lipinski definition) is 1. The molecule has 0 spiro atoms. The van der Waals surface area contributed by atoms with Crippen molar-refractivity contribution in [3.05, 3.63) is 11.8 Å². The topological polar surface area (TPSA) is 52.2 Å². The molecule has 0 aromatic heterocycles. The molecule has 1 fully saturated rings. The molecule has 2 unspecified atom stereocenters. The second-order valence-electron chi connectivity index (χ2n) is 3.88. The molecule has 1 heterocycles. The van der Waals surface area contributed by atoms with Crippen molar-refractivity contribution in [3.8, 4) is 0 Å². The summed E-state index contributed by atoms with van der Waals surface area (Å²) >= 11 is 0. The van der Waals surface area contributed by atoms with E-state index in [1.807, 2.05) is 0 Å². The van der Waals surface area contributed by atoms with E-state index >= 15 is 0 Å². The van der Waals surface area contributed by atoms with Crippen LogP contribution in [0.3, 0.4) is 0 Å². The molecule has 1 saturated heterocycles. The van der Waals surface area contributed by atoms with Gasteiger partial charge in [0.25, 0.3) is 0 Å². The molecule has 14 heavy (non-hydrogen) atoms. The molecule has 72 valence electrons. The van der Waals surface area contributed by atoms with E-state index < -0.39 is 12.0 Å². The van der Waals surface area contributed by atoms with Crippen LogP contribution in [0.4, 0.5) is 0 Å². The molecule has 0 radical (unpaired) electrons. The largest absolute Gasteiger partial charge is 1.00 e. The monoisotopic (exact) mass is 187 g/mol. The van der Waals surface area contributed by atoms with E-state index in [2.05, 4.69) is 11.4 Å². The van der Waals surface area contributed by atoms with Crippen LogP contribution < -0.4 is 29.3 Å². The molecular formula is C10H14LiNO2. The van der Waals surface area contributed by atoms with Crippen molar-refractivity contribution in [2.45, 2.75) is 38.1 Å². The van der Waals surface area contributed by atoms with Crippen LogP contribution in [-0.4, -0.2) is 12.0 Å². The van der Waals surface area contributed by atoms with Crippen molar-refractivity contribution >= 4 is 5.97 Å². The summed E-state index contributed by atoms with van der Waals surface area (Å²) in [5.41, 5.74) is 1.15. The fourth-order valence-electron chi connectivity index (χ4n) is 2.24. The van der Waals surface area contributed by atoms with E-state index in [0.29, 0.717) is 12.3 Å². The van der Waals surface area contributed by atoms with Crippen LogP contribution in [0.2, 0.25) is 0 Å². The molecule has 2 rings (SSSR count). The summed E-state index contributed by atoms with van der Waals surface area (Å²) < 4.78 is 0. The number of carbonyl (C=O) groups excluding carboxylic acids is 1. The number of carboxylic acid groups (broad SMARTS) is 1. The average Bonchev–Trinajstić information content (AvgIpc) is 2.17. The first-order valence-corrected chi connectivity index (χ1v) is 4.95. The number of hydrogen-bond acceptors (Lipinski definition) is 3. The summed E-state index contributed by atoms with van der Waals surface area (Å²) in [6, 6.07) is -0.458. The average molecular weight is 187 g/mol. The predicted octanol–water partition coefficient (Wildman–Crippen LogP) is -2.82. The van der Waals surface area contributed by atoms with Crippen LogP contribution in [0.5, 0.6) is 0 Å². The van der Waals surface area contributed by atoms with Crippen LogP contribution in [-0.2, 0) is 4.79 Å². The number of carboxylic acids is 1. The van der Waals surface area contributed by atoms with Crippen molar-refractivity contribution in [1.29, 1.82) is 0 Å². The molecule has 4 heteroatoms. The Hall–Kier alpha value is -0.393. The predicted molar refractivity (Wildman–Crippen MR) is 46.6 cm³/mol. The number of allylic oxidation sites excluding steroid dienone is 2. The van der Waals surface area contributed by atoms with Gasteiger partial charge in [0.2, 0.25) is 0 Å². The van der Waals surface area contributed by atoms with Gasteiger partial charge in [-0.3, -0.25) is 0 Å². The van der Waals surface area contributed by atoms with Gasteiger partial charge in [-0.15, -0.1) is 0 Å². The first kappa shape index (κ1) is 11.7. The Balaban J connectivity index is 0.000000980. The Labute approximate surface area is 96.1 Å². The van der Waals surface area contributed by atoms with E-state index in [-0.39, 0.29) is 18.9 Å². The molecule has 1 aliphatic heterocycles. The molecule has 0 aromatic carbocycles. The Morgan fingerprint density at radius 3 is 2.93 bits per heavy atom. The third-order valence-corrected chi connectivity index (χ3v) is 2.99. The van der Waals surface area contributed by atoms with Crippen LogP contribution in [0.15, 0.2) is 11.8 Å². The first-order valence-electron chi connectivity index (χ1n) is 4.95. The summed E-state index contributed by atoms with van der Waals surface area (Å²) in [6.07, 6.45) is 7.38. The quantitative estimate of drug-likeness (QED) is 0.450. The maximum atomic E-state index is 10.6. The fraction of sp³-hybridized carbons (Fsp3) is 0.700. The van der Waals surface area contributed by atoms with Gasteiger partial charge < -0.3 is 15.2 Å². The van der Waals surface area contributed by atoms with Crippen molar-refractivity contribution in [2.75, 3.05) is 0 Å². The third kappa shape index (κ3) is 2.34. The van der Waals surface area contributed by atoms with Crippen molar-refractivity contribution < 1.29 is 28.8 Å². The molecule has 1 N–H and O–H groups in total. The molecule has 2 aliphatic rings. The van der Waals surface area contributed by atoms with E-state index in [0.717, 1.165) is 18.5 Å². The maximum absolute atomic E-state index is 10.6. The number of rotatable bonds is 1. The third-order valence-electron chi connectivity index (χ3n) is 2.99. The van der Waals surface area contributed by atoms with E-state index in [4.69, 9.17) is 0 Å². The number of aliphatic carboxylic acids is 1. The zero-order valence-corrected chi connectivity index (χ0v) is 8.58. The van der Waals surface area contributed by atoms with Gasteiger partial charge in [-0.25, -0.2) is 0 Å². The minimum Gasteiger partial charge on any atom is -0.548 e. The Morgan fingerprint density at radius 1 is 1.43 bits per heavy atom. The normalized spacial score (nSPS) is 30.4. The SMILES string of the molecule is O=C([O-])C1CCC2CCCC=C2N1.[Li+]. The Bertz CT molecular complexity index is 253. The summed E-state index contributed by atoms with van der Waals surface area (Å²) in [4.78, 5) is 10.6. The smallest absolute Gasteiger partial charge is 0.548 e. The summed E-state index contributed by atoms with van der Waals surface area (Å²) in [5.74, 6) is -0.380. The van der Waals surface area contributed by atoms with Crippen molar-refractivity contribution in [2.24, 2.45) is 5.92 Å². The molecule has 0 saturated carbocycles. The second-order valence-corrected chi connectivity index (χ2v) is 3.88. The number of carbonyl (C=O) groups is 1. The zero-order chi connectivity index (χ0) is 9.26. The fourth-order valence-corrected chi connectivity index (χ4v) is 2.24. The number of nitrogens with one attached hydrogen (secondary N) is 1. The van der Waals surface area contributed by atoms with Crippen LogP contribution in [0.1, 0.15) is 32.1 Å². The molecule has 0 amide bonds. The van der Waals surface area contributed by atoms with Gasteiger partial charge in [0, 0.05) is 5.70 Å². The molecule has 3 nitrogen and oxygen atoms in total. The Kier molecular flexibility index (Phi) is 4.09. The van der Waals surface area contributed by atoms with Crippen molar-refractivity contribution in [1.82, 2.24) is 5.32 Å². The maximum Gasteiger partial charge on any atom is 1.00 e. The van der Waals surface area contributed by atoms with Gasteiger partial charge in [-0.05, 0) is 38.0 Å². The molecule has 2 atom stereocenters. The van der Waals surface area contributed by atoms with Gasteiger partial charge in [-0.2, -0.15) is 0 Å².